The number of benzene rings is 4. The molecule has 6 aromatic rings. The fourth-order valence-corrected chi connectivity index (χ4v) is 7.57. The third-order valence-corrected chi connectivity index (χ3v) is 9.46. The highest BCUT2D eigenvalue weighted by Gasteiger charge is 2.24. The maximum absolute atomic E-state index is 2.46. The lowest BCUT2D eigenvalue weighted by atomic mass is 9.78. The summed E-state index contributed by atoms with van der Waals surface area (Å²) in [7, 11) is 0. The Labute approximate surface area is 209 Å². The van der Waals surface area contributed by atoms with Gasteiger partial charge in [0.25, 0.3) is 0 Å². The Hall–Kier alpha value is -2.68. The van der Waals surface area contributed by atoms with Crippen LogP contribution in [0.15, 0.2) is 78.9 Å². The molecule has 0 bridgehead atoms. The smallest absolute Gasteiger partial charge is 0.0358 e. The van der Waals surface area contributed by atoms with Crippen LogP contribution in [0.3, 0.4) is 0 Å². The molecular weight excluding hydrogens is 448 g/mol. The van der Waals surface area contributed by atoms with Gasteiger partial charge in [-0.05, 0) is 70.3 Å². The molecule has 0 nitrogen and oxygen atoms in total. The van der Waals surface area contributed by atoms with Crippen LogP contribution in [0, 0.1) is 0 Å². The molecule has 170 valence electrons. The second-order valence-corrected chi connectivity index (χ2v) is 13.4. The van der Waals surface area contributed by atoms with Gasteiger partial charge in [-0.1, -0.05) is 77.1 Å². The molecule has 0 aliphatic rings. The maximum atomic E-state index is 2.46. The summed E-state index contributed by atoms with van der Waals surface area (Å²) in [5, 5.41) is 5.63. The summed E-state index contributed by atoms with van der Waals surface area (Å²) < 4.78 is 5.53. The Bertz CT molecular complexity index is 1690. The molecule has 2 heteroatoms. The van der Waals surface area contributed by atoms with E-state index in [0.717, 1.165) is 6.42 Å². The first-order valence-electron chi connectivity index (χ1n) is 12.1. The summed E-state index contributed by atoms with van der Waals surface area (Å²) in [5.41, 5.74) is 4.44. The lowest BCUT2D eigenvalue weighted by Gasteiger charge is -2.26. The van der Waals surface area contributed by atoms with Gasteiger partial charge in [0.15, 0.2) is 0 Å². The molecule has 0 unspecified atom stereocenters. The van der Waals surface area contributed by atoms with E-state index in [2.05, 4.69) is 113 Å². The Morgan fingerprint density at radius 3 is 2.09 bits per heavy atom. The summed E-state index contributed by atoms with van der Waals surface area (Å²) in [6, 6.07) is 29.8. The van der Waals surface area contributed by atoms with Gasteiger partial charge >= 0.3 is 0 Å². The molecular formula is C32H30S2. The van der Waals surface area contributed by atoms with Crippen molar-refractivity contribution in [2.75, 3.05) is 0 Å². The maximum Gasteiger partial charge on any atom is 0.0358 e. The van der Waals surface area contributed by atoms with Crippen LogP contribution in [0.25, 0.3) is 40.3 Å². The van der Waals surface area contributed by atoms with Crippen molar-refractivity contribution in [3.63, 3.8) is 0 Å². The molecule has 0 atom stereocenters. The van der Waals surface area contributed by atoms with Gasteiger partial charge in [0.05, 0.1) is 0 Å². The minimum Gasteiger partial charge on any atom is -0.135 e. The van der Waals surface area contributed by atoms with E-state index in [1.165, 1.54) is 57.0 Å². The monoisotopic (exact) mass is 478 g/mol. The predicted octanol–water partition coefficient (Wildman–Crippen LogP) is 10.2. The summed E-state index contributed by atoms with van der Waals surface area (Å²) in [4.78, 5) is 0. The average molecular weight is 479 g/mol. The predicted molar refractivity (Wildman–Crippen MR) is 154 cm³/mol. The first-order chi connectivity index (χ1) is 16.2. The summed E-state index contributed by atoms with van der Waals surface area (Å²) >= 11 is 3.81. The lowest BCUT2D eigenvalue weighted by molar-refractivity contribution is 0.523. The fourth-order valence-electron chi connectivity index (χ4n) is 5.37. The highest BCUT2D eigenvalue weighted by molar-refractivity contribution is 7.26. The van der Waals surface area contributed by atoms with Gasteiger partial charge in [0.1, 0.15) is 0 Å². The van der Waals surface area contributed by atoms with Gasteiger partial charge in [-0.3, -0.25) is 0 Å². The Morgan fingerprint density at radius 2 is 1.26 bits per heavy atom. The quantitative estimate of drug-likeness (QED) is 0.237. The molecule has 0 aliphatic heterocycles. The van der Waals surface area contributed by atoms with Crippen LogP contribution in [0.4, 0.5) is 0 Å². The van der Waals surface area contributed by atoms with Gasteiger partial charge in [-0.25, -0.2) is 0 Å². The van der Waals surface area contributed by atoms with Gasteiger partial charge in [0, 0.05) is 40.3 Å². The number of rotatable bonds is 3. The zero-order valence-electron chi connectivity index (χ0n) is 20.5. The normalized spacial score (nSPS) is 13.0. The summed E-state index contributed by atoms with van der Waals surface area (Å²) in [5.74, 6) is 0. The third-order valence-electron chi connectivity index (χ3n) is 7.17. The zero-order chi connectivity index (χ0) is 23.7. The van der Waals surface area contributed by atoms with Crippen LogP contribution in [0.5, 0.6) is 0 Å². The first kappa shape index (κ1) is 21.8. The number of hydrogen-bond acceptors (Lipinski definition) is 2. The second kappa shape index (κ2) is 7.66. The highest BCUT2D eigenvalue weighted by Crippen LogP contribution is 2.42. The largest absolute Gasteiger partial charge is 0.135 e. The zero-order valence-corrected chi connectivity index (χ0v) is 22.2. The summed E-state index contributed by atoms with van der Waals surface area (Å²) in [6.45, 7) is 11.7. The molecule has 0 radical (unpaired) electrons. The minimum absolute atomic E-state index is 0.0452. The molecule has 6 rings (SSSR count). The molecule has 0 spiro atoms. The molecule has 4 aromatic carbocycles. The van der Waals surface area contributed by atoms with E-state index in [-0.39, 0.29) is 10.8 Å². The van der Waals surface area contributed by atoms with Crippen molar-refractivity contribution >= 4 is 63.0 Å². The Kier molecular flexibility index (Phi) is 4.92. The van der Waals surface area contributed by atoms with Crippen molar-refractivity contribution in [2.24, 2.45) is 0 Å². The molecule has 0 N–H and O–H groups in total. The van der Waals surface area contributed by atoms with Crippen molar-refractivity contribution in [3.05, 3.63) is 95.6 Å². The average Bonchev–Trinajstić information content (AvgIpc) is 3.35. The minimum atomic E-state index is 0.0452. The molecule has 2 heterocycles. The number of thiophene rings is 2. The lowest BCUT2D eigenvalue weighted by Crippen LogP contribution is -2.20. The van der Waals surface area contributed by atoms with Crippen LogP contribution >= 0.6 is 22.7 Å². The van der Waals surface area contributed by atoms with Crippen molar-refractivity contribution in [1.82, 2.24) is 0 Å². The number of fused-ring (bicyclic) bond motifs is 6. The van der Waals surface area contributed by atoms with Crippen molar-refractivity contribution in [1.29, 1.82) is 0 Å². The van der Waals surface area contributed by atoms with Crippen molar-refractivity contribution < 1.29 is 0 Å². The van der Waals surface area contributed by atoms with E-state index in [0.29, 0.717) is 0 Å². The molecule has 0 saturated carbocycles. The van der Waals surface area contributed by atoms with E-state index in [4.69, 9.17) is 0 Å². The van der Waals surface area contributed by atoms with E-state index in [1.807, 2.05) is 22.7 Å². The van der Waals surface area contributed by atoms with Crippen LogP contribution < -0.4 is 0 Å². The van der Waals surface area contributed by atoms with Gasteiger partial charge in [-0.15, -0.1) is 22.7 Å². The van der Waals surface area contributed by atoms with Crippen LogP contribution in [-0.2, 0) is 17.3 Å². The van der Waals surface area contributed by atoms with E-state index in [9.17, 15) is 0 Å². The van der Waals surface area contributed by atoms with Crippen LogP contribution in [0.1, 0.15) is 51.3 Å². The molecule has 34 heavy (non-hydrogen) atoms. The van der Waals surface area contributed by atoms with Gasteiger partial charge in [0.2, 0.25) is 0 Å². The standard InChI is InChI=1S/C32H30S2/c1-31(2,3)25-10-8-12-29-30(25)24-17-20(13-15-28(24)34-29)19-32(4,5)21-14-16-27-23(18-21)22-9-6-7-11-26(22)33-27/h6-18H,19H2,1-5H3. The van der Waals surface area contributed by atoms with Crippen LogP contribution in [-0.4, -0.2) is 0 Å². The van der Waals surface area contributed by atoms with Crippen LogP contribution in [0.2, 0.25) is 0 Å². The van der Waals surface area contributed by atoms with E-state index >= 15 is 0 Å². The molecule has 0 saturated heterocycles. The molecule has 0 fully saturated rings. The number of hydrogen-bond donors (Lipinski definition) is 0. The highest BCUT2D eigenvalue weighted by atomic mass is 32.1. The van der Waals surface area contributed by atoms with Gasteiger partial charge < -0.3 is 0 Å². The SMILES string of the molecule is CC(C)(C)c1cccc2sc3ccc(CC(C)(C)c4ccc5sc6ccccc6c5c4)cc3c12. The Morgan fingerprint density at radius 1 is 0.588 bits per heavy atom. The summed E-state index contributed by atoms with van der Waals surface area (Å²) in [6.07, 6.45) is 1.02. The molecule has 0 amide bonds. The van der Waals surface area contributed by atoms with Crippen molar-refractivity contribution in [3.8, 4) is 0 Å². The molecule has 0 aliphatic carbocycles. The second-order valence-electron chi connectivity index (χ2n) is 11.2. The van der Waals surface area contributed by atoms with E-state index in [1.54, 1.807) is 0 Å². The van der Waals surface area contributed by atoms with Gasteiger partial charge in [-0.2, -0.15) is 0 Å². The molecule has 2 aromatic heterocycles. The van der Waals surface area contributed by atoms with Crippen molar-refractivity contribution in [2.45, 2.75) is 51.9 Å². The first-order valence-corrected chi connectivity index (χ1v) is 13.7. The van der Waals surface area contributed by atoms with E-state index < -0.39 is 0 Å². The third kappa shape index (κ3) is 3.56. The Balaban J connectivity index is 1.44. The fraction of sp³-hybridized carbons (Fsp3) is 0.250. The topological polar surface area (TPSA) is 0 Å².